The minimum Gasteiger partial charge on any atom is -0.493 e. The van der Waals surface area contributed by atoms with Crippen LogP contribution in [0.2, 0.25) is 5.02 Å². The monoisotopic (exact) mass is 495 g/mol. The van der Waals surface area contributed by atoms with Crippen LogP contribution in [0.3, 0.4) is 0 Å². The molecule has 1 atom stereocenters. The zero-order chi connectivity index (χ0) is 24.0. The minimum absolute atomic E-state index is 0.0614. The van der Waals surface area contributed by atoms with Crippen LogP contribution in [0.25, 0.3) is 0 Å². The number of rotatable bonds is 9. The van der Waals surface area contributed by atoms with Crippen LogP contribution in [-0.4, -0.2) is 63.0 Å². The second-order valence-corrected chi connectivity index (χ2v) is 10.2. The molecule has 0 saturated carbocycles. The zero-order valence-corrected chi connectivity index (χ0v) is 20.0. The predicted octanol–water partition coefficient (Wildman–Crippen LogP) is 3.12. The molecule has 1 aliphatic rings. The van der Waals surface area contributed by atoms with Gasteiger partial charge in [-0.15, -0.1) is 0 Å². The maximum Gasteiger partial charge on any atom is 0.338 e. The molecule has 1 amide bonds. The Morgan fingerprint density at radius 3 is 2.55 bits per heavy atom. The van der Waals surface area contributed by atoms with E-state index in [-0.39, 0.29) is 29.7 Å². The first-order chi connectivity index (χ1) is 15.7. The van der Waals surface area contributed by atoms with E-state index in [0.29, 0.717) is 29.5 Å². The van der Waals surface area contributed by atoms with E-state index in [2.05, 4.69) is 0 Å². The summed E-state index contributed by atoms with van der Waals surface area (Å²) in [5.74, 6) is -0.382. The number of carbonyl (C=O) groups is 2. The van der Waals surface area contributed by atoms with E-state index in [4.69, 9.17) is 25.8 Å². The lowest BCUT2D eigenvalue weighted by atomic mass is 10.2. The van der Waals surface area contributed by atoms with E-state index in [9.17, 15) is 18.0 Å². The number of esters is 1. The molecule has 1 fully saturated rings. The second-order valence-electron chi connectivity index (χ2n) is 7.56. The molecule has 1 heterocycles. The molecule has 0 N–H and O–H groups in total. The molecular weight excluding hydrogens is 470 g/mol. The van der Waals surface area contributed by atoms with Crippen LogP contribution in [-0.2, 0) is 26.0 Å². The first-order valence-corrected chi connectivity index (χ1v) is 12.6. The number of hydrogen-bond donors (Lipinski definition) is 0. The Morgan fingerprint density at radius 1 is 1.15 bits per heavy atom. The van der Waals surface area contributed by atoms with Crippen LogP contribution in [0, 0.1) is 0 Å². The highest BCUT2D eigenvalue weighted by molar-refractivity contribution is 7.91. The summed E-state index contributed by atoms with van der Waals surface area (Å²) in [5.41, 5.74) is 0.995. The lowest BCUT2D eigenvalue weighted by molar-refractivity contribution is -0.136. The van der Waals surface area contributed by atoms with Gasteiger partial charge in [0, 0.05) is 23.2 Å². The van der Waals surface area contributed by atoms with Gasteiger partial charge in [-0.25, -0.2) is 13.2 Å². The first-order valence-electron chi connectivity index (χ1n) is 10.5. The van der Waals surface area contributed by atoms with E-state index in [0.717, 1.165) is 5.56 Å². The standard InChI is InChI=1S/C23H26ClNO7S/c1-3-25(18-10-11-33(28,29)15-18)22(26)14-32-23(27)16-8-9-20(21(12-16)30-2)31-13-17-6-4-5-7-19(17)24/h4-9,12,18H,3,10-11,13-15H2,1-2H3. The van der Waals surface area contributed by atoms with E-state index >= 15 is 0 Å². The van der Waals surface area contributed by atoms with Gasteiger partial charge in [0.05, 0.1) is 24.2 Å². The summed E-state index contributed by atoms with van der Waals surface area (Å²) < 4.78 is 39.7. The molecule has 3 rings (SSSR count). The number of benzene rings is 2. The van der Waals surface area contributed by atoms with Crippen LogP contribution < -0.4 is 9.47 Å². The lowest BCUT2D eigenvalue weighted by Crippen LogP contribution is -2.43. The van der Waals surface area contributed by atoms with Crippen LogP contribution in [0.4, 0.5) is 0 Å². The van der Waals surface area contributed by atoms with Crippen molar-refractivity contribution in [2.24, 2.45) is 0 Å². The van der Waals surface area contributed by atoms with Crippen LogP contribution in [0.5, 0.6) is 11.5 Å². The molecule has 0 aliphatic carbocycles. The fourth-order valence-corrected chi connectivity index (χ4v) is 5.56. The summed E-state index contributed by atoms with van der Waals surface area (Å²) in [6.07, 6.45) is 0.392. The van der Waals surface area contributed by atoms with Crippen molar-refractivity contribution in [1.82, 2.24) is 4.90 Å². The summed E-state index contributed by atoms with van der Waals surface area (Å²) in [5, 5.41) is 0.581. The van der Waals surface area contributed by atoms with Gasteiger partial charge in [0.1, 0.15) is 6.61 Å². The van der Waals surface area contributed by atoms with Gasteiger partial charge in [0.2, 0.25) is 0 Å². The summed E-state index contributed by atoms with van der Waals surface area (Å²) >= 11 is 6.15. The third-order valence-corrected chi connectivity index (χ3v) is 7.50. The maximum atomic E-state index is 12.5. The second kappa shape index (κ2) is 10.9. The number of methoxy groups -OCH3 is 1. The molecule has 0 aromatic heterocycles. The average Bonchev–Trinajstić information content (AvgIpc) is 3.16. The molecule has 8 nitrogen and oxygen atoms in total. The van der Waals surface area contributed by atoms with Crippen molar-refractivity contribution in [3.8, 4) is 11.5 Å². The Balaban J connectivity index is 1.60. The highest BCUT2D eigenvalue weighted by atomic mass is 35.5. The van der Waals surface area contributed by atoms with Crippen LogP contribution in [0.1, 0.15) is 29.3 Å². The molecule has 0 spiro atoms. The smallest absolute Gasteiger partial charge is 0.338 e. The topological polar surface area (TPSA) is 99.2 Å². The number of likely N-dealkylation sites (N-methyl/N-ethyl adjacent to an activating group) is 1. The molecule has 1 aliphatic heterocycles. The van der Waals surface area contributed by atoms with E-state index < -0.39 is 28.3 Å². The van der Waals surface area contributed by atoms with Gasteiger partial charge in [0.15, 0.2) is 27.9 Å². The van der Waals surface area contributed by atoms with Gasteiger partial charge in [-0.2, -0.15) is 0 Å². The fourth-order valence-electron chi connectivity index (χ4n) is 3.64. The molecule has 178 valence electrons. The van der Waals surface area contributed by atoms with Crippen molar-refractivity contribution in [3.63, 3.8) is 0 Å². The van der Waals surface area contributed by atoms with E-state index in [1.807, 2.05) is 18.2 Å². The Bertz CT molecular complexity index is 1120. The third-order valence-electron chi connectivity index (χ3n) is 5.38. The number of ether oxygens (including phenoxy) is 3. The summed E-state index contributed by atoms with van der Waals surface area (Å²) in [6.45, 7) is 1.84. The summed E-state index contributed by atoms with van der Waals surface area (Å²) in [7, 11) is -1.68. The van der Waals surface area contributed by atoms with Gasteiger partial charge in [-0.05, 0) is 37.6 Å². The molecule has 10 heteroatoms. The molecule has 1 unspecified atom stereocenters. The van der Waals surface area contributed by atoms with E-state index in [1.165, 1.54) is 24.1 Å². The summed E-state index contributed by atoms with van der Waals surface area (Å²) in [4.78, 5) is 26.5. The third kappa shape index (κ3) is 6.39. The fraction of sp³-hybridized carbons (Fsp3) is 0.391. The first kappa shape index (κ1) is 24.9. The number of carbonyl (C=O) groups excluding carboxylic acids is 2. The van der Waals surface area contributed by atoms with Gasteiger partial charge in [-0.3, -0.25) is 4.79 Å². The Morgan fingerprint density at radius 2 is 1.91 bits per heavy atom. The predicted molar refractivity (Wildman–Crippen MR) is 124 cm³/mol. The van der Waals surface area contributed by atoms with Crippen molar-refractivity contribution < 1.29 is 32.2 Å². The molecule has 2 aromatic carbocycles. The largest absolute Gasteiger partial charge is 0.493 e. The molecular formula is C23H26ClNO7S. The summed E-state index contributed by atoms with van der Waals surface area (Å²) in [6, 6.07) is 11.5. The highest BCUT2D eigenvalue weighted by Gasteiger charge is 2.34. The maximum absolute atomic E-state index is 12.5. The zero-order valence-electron chi connectivity index (χ0n) is 18.5. The molecule has 33 heavy (non-hydrogen) atoms. The number of nitrogens with zero attached hydrogens (tertiary/aromatic N) is 1. The number of amides is 1. The normalized spacial score (nSPS) is 16.8. The van der Waals surface area contributed by atoms with Gasteiger partial charge in [0.25, 0.3) is 5.91 Å². The van der Waals surface area contributed by atoms with Crippen molar-refractivity contribution in [1.29, 1.82) is 0 Å². The highest BCUT2D eigenvalue weighted by Crippen LogP contribution is 2.30. The Kier molecular flexibility index (Phi) is 8.20. The SMILES string of the molecule is CCN(C(=O)COC(=O)c1ccc(OCc2ccccc2Cl)c(OC)c1)C1CCS(=O)(=O)C1. The number of sulfone groups is 1. The van der Waals surface area contributed by atoms with Crippen LogP contribution >= 0.6 is 11.6 Å². The Labute approximate surface area is 198 Å². The van der Waals surface area contributed by atoms with Crippen molar-refractivity contribution in [3.05, 3.63) is 58.6 Å². The quantitative estimate of drug-likeness (QED) is 0.493. The van der Waals surface area contributed by atoms with Gasteiger partial charge < -0.3 is 19.1 Å². The minimum atomic E-state index is -3.13. The van der Waals surface area contributed by atoms with E-state index in [1.54, 1.807) is 19.1 Å². The Hall–Kier alpha value is -2.78. The van der Waals surface area contributed by atoms with Gasteiger partial charge >= 0.3 is 5.97 Å². The van der Waals surface area contributed by atoms with Crippen molar-refractivity contribution in [2.45, 2.75) is 26.0 Å². The van der Waals surface area contributed by atoms with Crippen molar-refractivity contribution in [2.75, 3.05) is 31.8 Å². The average molecular weight is 496 g/mol. The molecule has 0 radical (unpaired) electrons. The number of hydrogen-bond acceptors (Lipinski definition) is 7. The van der Waals surface area contributed by atoms with Crippen molar-refractivity contribution >= 4 is 33.3 Å². The number of halogens is 1. The molecule has 2 aromatic rings. The lowest BCUT2D eigenvalue weighted by Gasteiger charge is -2.26. The van der Waals surface area contributed by atoms with Gasteiger partial charge in [-0.1, -0.05) is 29.8 Å². The molecule has 1 saturated heterocycles. The molecule has 0 bridgehead atoms. The van der Waals surface area contributed by atoms with Crippen LogP contribution in [0.15, 0.2) is 42.5 Å².